The minimum atomic E-state index is -0.489. The SMILES string of the molecule is CC(O)CCN(C)c1ccc(/C(N)=N/O)c(Br)c1F. The number of aliphatic hydroxyl groups is 1. The van der Waals surface area contributed by atoms with Crippen LogP contribution in [0.2, 0.25) is 0 Å². The molecule has 0 heterocycles. The van der Waals surface area contributed by atoms with Crippen LogP contribution < -0.4 is 10.6 Å². The van der Waals surface area contributed by atoms with Crippen molar-refractivity contribution in [3.05, 3.63) is 28.0 Å². The summed E-state index contributed by atoms with van der Waals surface area (Å²) in [6.07, 6.45) is 0.0978. The van der Waals surface area contributed by atoms with Crippen molar-refractivity contribution in [3.63, 3.8) is 0 Å². The molecule has 1 unspecified atom stereocenters. The molecule has 0 saturated carbocycles. The summed E-state index contributed by atoms with van der Waals surface area (Å²) in [5.41, 5.74) is 6.11. The summed E-state index contributed by atoms with van der Waals surface area (Å²) in [6.45, 7) is 2.20. The molecular weight excluding hydrogens is 317 g/mol. The Kier molecular flexibility index (Phi) is 5.56. The molecule has 0 aromatic heterocycles. The van der Waals surface area contributed by atoms with Gasteiger partial charge in [0.05, 0.1) is 16.3 Å². The van der Waals surface area contributed by atoms with Gasteiger partial charge in [0.25, 0.3) is 0 Å². The highest BCUT2D eigenvalue weighted by Gasteiger charge is 2.16. The molecule has 106 valence electrons. The van der Waals surface area contributed by atoms with Crippen LogP contribution in [0, 0.1) is 5.82 Å². The second-order valence-corrected chi connectivity index (χ2v) is 5.10. The summed E-state index contributed by atoms with van der Waals surface area (Å²) in [7, 11) is 1.73. The summed E-state index contributed by atoms with van der Waals surface area (Å²) in [5, 5.41) is 20.7. The molecule has 1 aromatic carbocycles. The van der Waals surface area contributed by atoms with Crippen LogP contribution >= 0.6 is 15.9 Å². The third kappa shape index (κ3) is 3.81. The molecule has 0 spiro atoms. The topological polar surface area (TPSA) is 82.1 Å². The molecule has 1 rings (SSSR count). The second-order valence-electron chi connectivity index (χ2n) is 4.30. The van der Waals surface area contributed by atoms with Gasteiger partial charge in [0.1, 0.15) is 0 Å². The maximum Gasteiger partial charge on any atom is 0.171 e. The van der Waals surface area contributed by atoms with Crippen molar-refractivity contribution in [1.82, 2.24) is 0 Å². The van der Waals surface area contributed by atoms with Gasteiger partial charge in [-0.1, -0.05) is 5.16 Å². The molecular formula is C12H17BrFN3O2. The van der Waals surface area contributed by atoms with Crippen molar-refractivity contribution in [1.29, 1.82) is 0 Å². The van der Waals surface area contributed by atoms with E-state index in [9.17, 15) is 9.50 Å². The zero-order chi connectivity index (χ0) is 14.6. The highest BCUT2D eigenvalue weighted by Crippen LogP contribution is 2.29. The highest BCUT2D eigenvalue weighted by molar-refractivity contribution is 9.10. The number of oxime groups is 1. The first kappa shape index (κ1) is 15.7. The van der Waals surface area contributed by atoms with Crippen molar-refractivity contribution in [2.45, 2.75) is 19.4 Å². The molecule has 5 nitrogen and oxygen atoms in total. The first-order valence-electron chi connectivity index (χ1n) is 5.73. The second kappa shape index (κ2) is 6.72. The minimum Gasteiger partial charge on any atom is -0.409 e. The van der Waals surface area contributed by atoms with Crippen LogP contribution in [-0.2, 0) is 0 Å². The molecule has 7 heteroatoms. The van der Waals surface area contributed by atoms with Crippen LogP contribution in [0.3, 0.4) is 0 Å². The minimum absolute atomic E-state index is 0.143. The molecule has 0 radical (unpaired) electrons. The molecule has 4 N–H and O–H groups in total. The van der Waals surface area contributed by atoms with E-state index < -0.39 is 11.9 Å². The van der Waals surface area contributed by atoms with Crippen molar-refractivity contribution in [2.24, 2.45) is 10.9 Å². The smallest absolute Gasteiger partial charge is 0.171 e. The lowest BCUT2D eigenvalue weighted by Crippen LogP contribution is -2.23. The van der Waals surface area contributed by atoms with Gasteiger partial charge in [-0.3, -0.25) is 0 Å². The van der Waals surface area contributed by atoms with E-state index in [0.717, 1.165) is 0 Å². The van der Waals surface area contributed by atoms with Gasteiger partial charge in [0, 0.05) is 19.2 Å². The van der Waals surface area contributed by atoms with Gasteiger partial charge in [-0.05, 0) is 41.4 Å². The average Bonchev–Trinajstić information content (AvgIpc) is 2.38. The van der Waals surface area contributed by atoms with Gasteiger partial charge in [-0.25, -0.2) is 4.39 Å². The fourth-order valence-electron chi connectivity index (χ4n) is 1.59. The van der Waals surface area contributed by atoms with E-state index in [-0.39, 0.29) is 15.9 Å². The van der Waals surface area contributed by atoms with Crippen LogP contribution in [0.4, 0.5) is 10.1 Å². The van der Waals surface area contributed by atoms with Gasteiger partial charge in [0.2, 0.25) is 0 Å². The summed E-state index contributed by atoms with van der Waals surface area (Å²) in [4.78, 5) is 1.70. The molecule has 0 aliphatic rings. The van der Waals surface area contributed by atoms with Crippen LogP contribution in [0.15, 0.2) is 21.8 Å². The Bertz CT molecular complexity index is 480. The number of amidine groups is 1. The first-order valence-corrected chi connectivity index (χ1v) is 6.52. The fraction of sp³-hybridized carbons (Fsp3) is 0.417. The molecule has 0 aliphatic carbocycles. The van der Waals surface area contributed by atoms with Gasteiger partial charge < -0.3 is 20.9 Å². The number of halogens is 2. The largest absolute Gasteiger partial charge is 0.409 e. The Morgan fingerprint density at radius 3 is 2.74 bits per heavy atom. The Hall–Kier alpha value is -1.34. The predicted molar refractivity (Wildman–Crippen MR) is 76.2 cm³/mol. The maximum atomic E-state index is 14.2. The van der Waals surface area contributed by atoms with Gasteiger partial charge in [-0.2, -0.15) is 0 Å². The summed E-state index contributed by atoms with van der Waals surface area (Å²) >= 11 is 3.10. The number of rotatable bonds is 5. The Labute approximate surface area is 119 Å². The van der Waals surface area contributed by atoms with Crippen molar-refractivity contribution >= 4 is 27.5 Å². The van der Waals surface area contributed by atoms with E-state index in [4.69, 9.17) is 10.9 Å². The zero-order valence-electron chi connectivity index (χ0n) is 10.8. The Balaban J connectivity index is 3.02. The first-order chi connectivity index (χ1) is 8.88. The maximum absolute atomic E-state index is 14.2. The van der Waals surface area contributed by atoms with E-state index in [0.29, 0.717) is 18.7 Å². The third-order valence-electron chi connectivity index (χ3n) is 2.74. The molecule has 1 atom stereocenters. The number of hydrogen-bond donors (Lipinski definition) is 3. The molecule has 0 bridgehead atoms. The lowest BCUT2D eigenvalue weighted by atomic mass is 10.1. The lowest BCUT2D eigenvalue weighted by molar-refractivity contribution is 0.187. The molecule has 0 amide bonds. The predicted octanol–water partition coefficient (Wildman–Crippen LogP) is 1.89. The van der Waals surface area contributed by atoms with Gasteiger partial charge in [-0.15, -0.1) is 0 Å². The quantitative estimate of drug-likeness (QED) is 0.332. The van der Waals surface area contributed by atoms with E-state index in [1.54, 1.807) is 31.0 Å². The number of benzene rings is 1. The molecule has 0 aliphatic heterocycles. The summed E-state index contributed by atoms with van der Waals surface area (Å²) in [6, 6.07) is 3.12. The number of nitrogens with zero attached hydrogens (tertiary/aromatic N) is 2. The molecule has 19 heavy (non-hydrogen) atoms. The standard InChI is InChI=1S/C12H17BrFN3O2/c1-7(18)5-6-17(2)9-4-3-8(12(15)16-19)10(13)11(9)14/h3-4,7,18-19H,5-6H2,1-2H3,(H2,15,16). The zero-order valence-corrected chi connectivity index (χ0v) is 12.4. The summed E-state index contributed by atoms with van der Waals surface area (Å²) < 4.78 is 14.3. The third-order valence-corrected chi connectivity index (χ3v) is 3.51. The molecule has 1 aromatic rings. The van der Waals surface area contributed by atoms with Crippen LogP contribution in [0.25, 0.3) is 0 Å². The van der Waals surface area contributed by atoms with Gasteiger partial charge in [0.15, 0.2) is 11.7 Å². The van der Waals surface area contributed by atoms with Crippen LogP contribution in [0.5, 0.6) is 0 Å². The van der Waals surface area contributed by atoms with E-state index in [1.165, 1.54) is 0 Å². The number of nitrogens with two attached hydrogens (primary N) is 1. The van der Waals surface area contributed by atoms with Crippen LogP contribution in [-0.4, -0.2) is 35.8 Å². The molecule has 0 fully saturated rings. The number of hydrogen-bond acceptors (Lipinski definition) is 4. The highest BCUT2D eigenvalue weighted by atomic mass is 79.9. The number of anilines is 1. The van der Waals surface area contributed by atoms with Crippen LogP contribution in [0.1, 0.15) is 18.9 Å². The van der Waals surface area contributed by atoms with Crippen molar-refractivity contribution in [3.8, 4) is 0 Å². The van der Waals surface area contributed by atoms with Crippen molar-refractivity contribution in [2.75, 3.05) is 18.5 Å². The Morgan fingerprint density at radius 2 is 2.21 bits per heavy atom. The average molecular weight is 334 g/mol. The van der Waals surface area contributed by atoms with Gasteiger partial charge >= 0.3 is 0 Å². The Morgan fingerprint density at radius 1 is 1.58 bits per heavy atom. The monoisotopic (exact) mass is 333 g/mol. The number of aliphatic hydroxyl groups excluding tert-OH is 1. The summed E-state index contributed by atoms with van der Waals surface area (Å²) in [5.74, 6) is -0.652. The normalized spacial score (nSPS) is 13.4. The van der Waals surface area contributed by atoms with Crippen molar-refractivity contribution < 1.29 is 14.7 Å². The van der Waals surface area contributed by atoms with E-state index in [2.05, 4.69) is 21.1 Å². The van der Waals surface area contributed by atoms with E-state index in [1.807, 2.05) is 0 Å². The van der Waals surface area contributed by atoms with E-state index >= 15 is 0 Å². The molecule has 0 saturated heterocycles. The lowest BCUT2D eigenvalue weighted by Gasteiger charge is -2.21. The fourth-order valence-corrected chi connectivity index (χ4v) is 2.13.